The summed E-state index contributed by atoms with van der Waals surface area (Å²) in [6.07, 6.45) is 3.26. The molecule has 0 atom stereocenters. The molecule has 0 aliphatic heterocycles. The maximum absolute atomic E-state index is 12.8. The Balaban J connectivity index is 0.00000612. The number of rotatable bonds is 10. The molecule has 6 N–H and O–H groups in total. The second-order valence-electron chi connectivity index (χ2n) is 7.97. The van der Waals surface area contributed by atoms with E-state index in [-0.39, 0.29) is 86.3 Å². The Morgan fingerprint density at radius 3 is 2.14 bits per heavy atom. The standard InChI is InChI=1S/C26H30N4O4.Ac.H2O/c1-5-14-30(16-23(31)29-17(2)3)25(32)18(4)15-19-6-8-21(9-7-19)26(33)34-22-12-10-20(11-13-22)24(27)28;;/h5-13,15,17H,1,14,16H2,2-4H3,(H3,27,28)(H,29,31);;1H2/b18-15+;;. The number of nitrogens with one attached hydrogen (secondary N) is 2. The fourth-order valence-electron chi connectivity index (χ4n) is 3.06. The van der Waals surface area contributed by atoms with Crippen LogP contribution < -0.4 is 15.8 Å². The van der Waals surface area contributed by atoms with Crippen molar-refractivity contribution >= 4 is 29.7 Å². The molecule has 2 rings (SSSR count). The summed E-state index contributed by atoms with van der Waals surface area (Å²) in [7, 11) is 0. The van der Waals surface area contributed by atoms with Gasteiger partial charge in [0.25, 0.3) is 0 Å². The van der Waals surface area contributed by atoms with Crippen molar-refractivity contribution in [2.75, 3.05) is 13.1 Å². The van der Waals surface area contributed by atoms with E-state index >= 15 is 0 Å². The zero-order valence-electron chi connectivity index (χ0n) is 20.7. The average Bonchev–Trinajstić information content (AvgIpc) is 2.78. The van der Waals surface area contributed by atoms with E-state index in [1.165, 1.54) is 4.90 Å². The molecule has 2 aromatic carbocycles. The Kier molecular flexibility index (Phi) is 14.8. The van der Waals surface area contributed by atoms with Crippen LogP contribution in [0.3, 0.4) is 0 Å². The molecule has 0 fully saturated rings. The summed E-state index contributed by atoms with van der Waals surface area (Å²) >= 11 is 0. The Morgan fingerprint density at radius 1 is 1.08 bits per heavy atom. The fraction of sp³-hybridized carbons (Fsp3) is 0.231. The molecule has 189 valence electrons. The van der Waals surface area contributed by atoms with Gasteiger partial charge in [-0.3, -0.25) is 15.0 Å². The van der Waals surface area contributed by atoms with Gasteiger partial charge in [0.2, 0.25) is 11.8 Å². The predicted octanol–water partition coefficient (Wildman–Crippen LogP) is 2.31. The van der Waals surface area contributed by atoms with E-state index in [1.807, 2.05) is 13.8 Å². The number of benzene rings is 2. The third kappa shape index (κ3) is 10.4. The minimum absolute atomic E-state index is 0. The van der Waals surface area contributed by atoms with Gasteiger partial charge in [0.15, 0.2) is 0 Å². The summed E-state index contributed by atoms with van der Waals surface area (Å²) in [6, 6.07) is 12.9. The van der Waals surface area contributed by atoms with Gasteiger partial charge in [-0.2, -0.15) is 0 Å². The van der Waals surface area contributed by atoms with Gasteiger partial charge in [0.1, 0.15) is 18.1 Å². The molecule has 2 amide bonds. The fourth-order valence-corrected chi connectivity index (χ4v) is 3.06. The van der Waals surface area contributed by atoms with Crippen molar-refractivity contribution in [3.05, 3.63) is 83.4 Å². The Morgan fingerprint density at radius 2 is 1.64 bits per heavy atom. The monoisotopic (exact) mass is 707 g/mol. The van der Waals surface area contributed by atoms with Gasteiger partial charge in [0.05, 0.1) is 5.56 Å². The van der Waals surface area contributed by atoms with Crippen molar-refractivity contribution in [1.29, 1.82) is 5.41 Å². The summed E-state index contributed by atoms with van der Waals surface area (Å²) in [5, 5.41) is 10.2. The molecule has 0 unspecified atom stereocenters. The maximum atomic E-state index is 12.8. The second kappa shape index (κ2) is 16.0. The topological polar surface area (TPSA) is 157 Å². The minimum Gasteiger partial charge on any atom is -0.423 e. The van der Waals surface area contributed by atoms with E-state index in [9.17, 15) is 14.4 Å². The van der Waals surface area contributed by atoms with Gasteiger partial charge in [-0.15, -0.1) is 6.58 Å². The first kappa shape index (κ1) is 33.2. The zero-order valence-corrected chi connectivity index (χ0v) is 25.5. The van der Waals surface area contributed by atoms with Crippen LogP contribution in [0.25, 0.3) is 6.08 Å². The van der Waals surface area contributed by atoms with Crippen molar-refractivity contribution in [3.63, 3.8) is 0 Å². The molecule has 10 heteroatoms. The van der Waals surface area contributed by atoms with E-state index in [1.54, 1.807) is 67.6 Å². The van der Waals surface area contributed by atoms with Gasteiger partial charge in [0, 0.05) is 67.8 Å². The van der Waals surface area contributed by atoms with Crippen LogP contribution in [-0.4, -0.2) is 53.1 Å². The molecule has 0 saturated carbocycles. The van der Waals surface area contributed by atoms with Crippen molar-refractivity contribution < 1.29 is 68.7 Å². The van der Waals surface area contributed by atoms with Gasteiger partial charge >= 0.3 is 5.97 Å². The third-order valence-corrected chi connectivity index (χ3v) is 4.66. The van der Waals surface area contributed by atoms with Gasteiger partial charge in [-0.1, -0.05) is 18.2 Å². The number of hydrogen-bond acceptors (Lipinski definition) is 5. The normalized spacial score (nSPS) is 10.4. The maximum Gasteiger partial charge on any atom is 0.343 e. The van der Waals surface area contributed by atoms with Crippen LogP contribution in [0.4, 0.5) is 0 Å². The van der Waals surface area contributed by atoms with Crippen LogP contribution in [0.1, 0.15) is 42.3 Å². The Hall–Kier alpha value is -2.80. The van der Waals surface area contributed by atoms with Crippen LogP contribution in [0.2, 0.25) is 0 Å². The predicted molar refractivity (Wildman–Crippen MR) is 136 cm³/mol. The molecule has 0 heterocycles. The number of carbonyl (C=O) groups excluding carboxylic acids is 3. The first-order valence-corrected chi connectivity index (χ1v) is 10.7. The van der Waals surface area contributed by atoms with Crippen molar-refractivity contribution in [1.82, 2.24) is 10.2 Å². The molecular formula is C26H32AcN4O5. The number of nitrogens with zero attached hydrogens (tertiary/aromatic N) is 1. The van der Waals surface area contributed by atoms with Gasteiger partial charge < -0.3 is 26.2 Å². The quantitative estimate of drug-likeness (QED) is 0.0864. The molecule has 36 heavy (non-hydrogen) atoms. The summed E-state index contributed by atoms with van der Waals surface area (Å²) in [5.41, 5.74) is 7.46. The van der Waals surface area contributed by atoms with E-state index in [0.717, 1.165) is 5.56 Å². The molecule has 0 spiro atoms. The van der Waals surface area contributed by atoms with Crippen LogP contribution >= 0.6 is 0 Å². The van der Waals surface area contributed by atoms with Crippen LogP contribution in [0.5, 0.6) is 5.75 Å². The summed E-state index contributed by atoms with van der Waals surface area (Å²) < 4.78 is 5.34. The van der Waals surface area contributed by atoms with Crippen LogP contribution in [-0.2, 0) is 9.59 Å². The van der Waals surface area contributed by atoms with Crippen LogP contribution in [0, 0.1) is 49.5 Å². The largest absolute Gasteiger partial charge is 0.423 e. The first-order chi connectivity index (χ1) is 16.1. The Labute approximate surface area is 247 Å². The molecular weight excluding hydrogens is 675 g/mol. The zero-order chi connectivity index (χ0) is 25.3. The molecule has 1 radical (unpaired) electrons. The Bertz CT molecular complexity index is 1100. The molecule has 0 aliphatic rings. The number of nitrogens with two attached hydrogens (primary N) is 1. The number of hydrogen-bond donors (Lipinski definition) is 3. The molecule has 2 aromatic rings. The SMILES string of the molecule is C=CCN(CC(=O)NC(C)C)C(=O)/C(C)=C/c1ccc(C(=O)Oc2ccc(C(=N)N)cc2)cc1.O.[Ac]. The van der Waals surface area contributed by atoms with Crippen molar-refractivity contribution in [2.24, 2.45) is 5.73 Å². The van der Waals surface area contributed by atoms with E-state index in [4.69, 9.17) is 15.9 Å². The number of carbonyl (C=O) groups is 3. The first-order valence-electron chi connectivity index (χ1n) is 10.7. The minimum atomic E-state index is -0.535. The number of esters is 1. The van der Waals surface area contributed by atoms with E-state index < -0.39 is 5.97 Å². The second-order valence-corrected chi connectivity index (χ2v) is 7.97. The number of amides is 2. The van der Waals surface area contributed by atoms with E-state index in [2.05, 4.69) is 11.9 Å². The molecule has 0 bridgehead atoms. The summed E-state index contributed by atoms with van der Waals surface area (Å²) in [6.45, 7) is 9.22. The number of amidine groups is 1. The molecule has 0 aliphatic carbocycles. The van der Waals surface area contributed by atoms with Crippen molar-refractivity contribution in [2.45, 2.75) is 26.8 Å². The smallest absolute Gasteiger partial charge is 0.343 e. The molecule has 0 aromatic heterocycles. The number of ether oxygens (including phenoxy) is 1. The van der Waals surface area contributed by atoms with Crippen molar-refractivity contribution in [3.8, 4) is 5.75 Å². The van der Waals surface area contributed by atoms with E-state index in [0.29, 0.717) is 22.4 Å². The third-order valence-electron chi connectivity index (χ3n) is 4.66. The van der Waals surface area contributed by atoms with Crippen LogP contribution in [0.15, 0.2) is 66.8 Å². The van der Waals surface area contributed by atoms with Gasteiger partial charge in [-0.05, 0) is 68.8 Å². The van der Waals surface area contributed by atoms with Gasteiger partial charge in [-0.25, -0.2) is 4.79 Å². The number of nitrogen functional groups attached to an aromatic ring is 1. The summed E-state index contributed by atoms with van der Waals surface area (Å²) in [5.74, 6) is -0.786. The molecule has 0 saturated heterocycles. The molecule has 9 nitrogen and oxygen atoms in total. The summed E-state index contributed by atoms with van der Waals surface area (Å²) in [4.78, 5) is 38.7. The average molecular weight is 708 g/mol.